The van der Waals surface area contributed by atoms with Crippen LogP contribution >= 0.6 is 0 Å². The van der Waals surface area contributed by atoms with Crippen molar-refractivity contribution in [3.8, 4) is 0 Å². The van der Waals surface area contributed by atoms with Gasteiger partial charge in [0, 0.05) is 6.54 Å². The van der Waals surface area contributed by atoms with Crippen LogP contribution in [0.25, 0.3) is 0 Å². The Morgan fingerprint density at radius 2 is 1.62 bits per heavy atom. The molecular weight excluding hydrogens is 282 g/mol. The van der Waals surface area contributed by atoms with Crippen LogP contribution in [0.2, 0.25) is 0 Å². The summed E-state index contributed by atoms with van der Waals surface area (Å²) in [5, 5.41) is 0. The average molecular weight is 303 g/mol. The van der Waals surface area contributed by atoms with Crippen molar-refractivity contribution in [2.75, 3.05) is 5.75 Å². The Balaban J connectivity index is 1.81. The van der Waals surface area contributed by atoms with Gasteiger partial charge >= 0.3 is 0 Å². The number of benzene rings is 2. The van der Waals surface area contributed by atoms with E-state index < -0.39 is 10.0 Å². The van der Waals surface area contributed by atoms with Crippen LogP contribution in [0.4, 0.5) is 0 Å². The fourth-order valence-electron chi connectivity index (χ4n) is 2.18. The summed E-state index contributed by atoms with van der Waals surface area (Å²) in [4.78, 5) is 0. The molecule has 0 fully saturated rings. The first-order valence-electron chi connectivity index (χ1n) is 7.12. The molecule has 0 aliphatic heterocycles. The normalized spacial score (nSPS) is 11.5. The second-order valence-corrected chi connectivity index (χ2v) is 7.08. The summed E-state index contributed by atoms with van der Waals surface area (Å²) in [6.07, 6.45) is 1.42. The van der Waals surface area contributed by atoms with Gasteiger partial charge in [0.05, 0.1) is 5.75 Å². The summed E-state index contributed by atoms with van der Waals surface area (Å²) in [5.74, 6) is 0.160. The van der Waals surface area contributed by atoms with Crippen LogP contribution in [0.15, 0.2) is 54.6 Å². The topological polar surface area (TPSA) is 46.2 Å². The zero-order valence-corrected chi connectivity index (χ0v) is 13.1. The first-order chi connectivity index (χ1) is 10.1. The van der Waals surface area contributed by atoms with Crippen molar-refractivity contribution in [1.82, 2.24) is 4.72 Å². The van der Waals surface area contributed by atoms with Crippen molar-refractivity contribution < 1.29 is 8.42 Å². The Labute approximate surface area is 127 Å². The van der Waals surface area contributed by atoms with Crippen LogP contribution in [0.3, 0.4) is 0 Å². The molecule has 2 aromatic carbocycles. The Morgan fingerprint density at radius 1 is 0.952 bits per heavy atom. The zero-order chi connectivity index (χ0) is 15.1. The van der Waals surface area contributed by atoms with Gasteiger partial charge in [-0.05, 0) is 36.5 Å². The Bertz CT molecular complexity index is 666. The molecule has 0 heterocycles. The van der Waals surface area contributed by atoms with Crippen molar-refractivity contribution in [2.24, 2.45) is 0 Å². The number of sulfonamides is 1. The summed E-state index contributed by atoms with van der Waals surface area (Å²) in [7, 11) is -3.22. The first kappa shape index (κ1) is 15.7. The maximum atomic E-state index is 12.0. The van der Waals surface area contributed by atoms with Crippen molar-refractivity contribution >= 4 is 10.0 Å². The van der Waals surface area contributed by atoms with Gasteiger partial charge in [-0.2, -0.15) is 0 Å². The van der Waals surface area contributed by atoms with Gasteiger partial charge in [-0.25, -0.2) is 13.1 Å². The van der Waals surface area contributed by atoms with Gasteiger partial charge in [-0.1, -0.05) is 54.6 Å². The van der Waals surface area contributed by atoms with E-state index in [9.17, 15) is 8.42 Å². The van der Waals surface area contributed by atoms with Crippen molar-refractivity contribution in [3.63, 3.8) is 0 Å². The predicted octanol–water partition coefficient (Wildman–Crippen LogP) is 3.05. The maximum Gasteiger partial charge on any atom is 0.211 e. The number of hydrogen-bond donors (Lipinski definition) is 1. The lowest BCUT2D eigenvalue weighted by Crippen LogP contribution is -2.26. The summed E-state index contributed by atoms with van der Waals surface area (Å²) >= 11 is 0. The fourth-order valence-corrected chi connectivity index (χ4v) is 3.22. The third-order valence-electron chi connectivity index (χ3n) is 3.47. The molecule has 0 aliphatic rings. The van der Waals surface area contributed by atoms with Crippen molar-refractivity contribution in [2.45, 2.75) is 26.3 Å². The Morgan fingerprint density at radius 3 is 2.33 bits per heavy atom. The lowest BCUT2D eigenvalue weighted by Gasteiger charge is -2.09. The number of hydrogen-bond acceptors (Lipinski definition) is 2. The number of aryl methyl sites for hydroxylation is 2. The molecule has 0 bridgehead atoms. The second-order valence-electron chi connectivity index (χ2n) is 5.16. The molecule has 1 N–H and O–H groups in total. The molecule has 2 rings (SSSR count). The molecule has 0 aromatic heterocycles. The minimum atomic E-state index is -3.22. The van der Waals surface area contributed by atoms with Crippen LogP contribution in [-0.2, 0) is 23.0 Å². The standard InChI is InChI=1S/C17H21NO2S/c1-15-8-5-6-12-17(15)14-18-21(19,20)13-7-11-16-9-3-2-4-10-16/h2-6,8-10,12,18H,7,11,13-14H2,1H3. The van der Waals surface area contributed by atoms with E-state index in [1.54, 1.807) is 0 Å². The van der Waals surface area contributed by atoms with E-state index in [0.717, 1.165) is 17.5 Å². The molecule has 4 heteroatoms. The molecule has 112 valence electrons. The predicted molar refractivity (Wildman–Crippen MR) is 86.6 cm³/mol. The van der Waals surface area contributed by atoms with Crippen molar-refractivity contribution in [1.29, 1.82) is 0 Å². The minimum absolute atomic E-state index is 0.160. The molecule has 0 atom stereocenters. The third-order valence-corrected chi connectivity index (χ3v) is 4.88. The summed E-state index contributed by atoms with van der Waals surface area (Å²) in [5.41, 5.74) is 3.29. The van der Waals surface area contributed by atoms with Crippen LogP contribution in [0.1, 0.15) is 23.1 Å². The molecule has 0 unspecified atom stereocenters. The molecule has 0 aliphatic carbocycles. The van der Waals surface area contributed by atoms with Crippen molar-refractivity contribution in [3.05, 3.63) is 71.3 Å². The SMILES string of the molecule is Cc1ccccc1CNS(=O)(=O)CCCc1ccccc1. The van der Waals surface area contributed by atoms with E-state index in [2.05, 4.69) is 4.72 Å². The van der Waals surface area contributed by atoms with E-state index in [4.69, 9.17) is 0 Å². The lowest BCUT2D eigenvalue weighted by atomic mass is 10.1. The van der Waals surface area contributed by atoms with Gasteiger partial charge in [0.15, 0.2) is 0 Å². The molecule has 0 saturated carbocycles. The van der Waals surface area contributed by atoms with Crippen LogP contribution < -0.4 is 4.72 Å². The number of nitrogens with one attached hydrogen (secondary N) is 1. The smallest absolute Gasteiger partial charge is 0.211 e. The van der Waals surface area contributed by atoms with E-state index in [0.29, 0.717) is 13.0 Å². The fraction of sp³-hybridized carbons (Fsp3) is 0.294. The van der Waals surface area contributed by atoms with Gasteiger partial charge in [-0.15, -0.1) is 0 Å². The highest BCUT2D eigenvalue weighted by atomic mass is 32.2. The van der Waals surface area contributed by atoms with Gasteiger partial charge < -0.3 is 0 Å². The quantitative estimate of drug-likeness (QED) is 0.854. The Hall–Kier alpha value is -1.65. The summed E-state index contributed by atoms with van der Waals surface area (Å²) < 4.78 is 26.7. The maximum absolute atomic E-state index is 12.0. The molecular formula is C17H21NO2S. The molecule has 0 saturated heterocycles. The van der Waals surface area contributed by atoms with E-state index in [-0.39, 0.29) is 5.75 Å². The molecule has 0 spiro atoms. The monoisotopic (exact) mass is 303 g/mol. The number of rotatable bonds is 7. The third kappa shape index (κ3) is 5.33. The van der Waals surface area contributed by atoms with Crippen LogP contribution in [-0.4, -0.2) is 14.2 Å². The zero-order valence-electron chi connectivity index (χ0n) is 12.2. The van der Waals surface area contributed by atoms with Gasteiger partial charge in [0.2, 0.25) is 10.0 Å². The molecule has 0 amide bonds. The first-order valence-corrected chi connectivity index (χ1v) is 8.78. The van der Waals surface area contributed by atoms with Gasteiger partial charge in [0.1, 0.15) is 0 Å². The largest absolute Gasteiger partial charge is 0.212 e. The highest BCUT2D eigenvalue weighted by Crippen LogP contribution is 2.08. The van der Waals surface area contributed by atoms with Crippen LogP contribution in [0, 0.1) is 6.92 Å². The van der Waals surface area contributed by atoms with Crippen LogP contribution in [0.5, 0.6) is 0 Å². The van der Waals surface area contributed by atoms with E-state index >= 15 is 0 Å². The van der Waals surface area contributed by atoms with Gasteiger partial charge in [-0.3, -0.25) is 0 Å². The Kier molecular flexibility index (Phi) is 5.53. The molecule has 2 aromatic rings. The van der Waals surface area contributed by atoms with Gasteiger partial charge in [0.25, 0.3) is 0 Å². The highest BCUT2D eigenvalue weighted by molar-refractivity contribution is 7.89. The molecule has 3 nitrogen and oxygen atoms in total. The summed E-state index contributed by atoms with van der Waals surface area (Å²) in [6.45, 7) is 2.35. The van der Waals surface area contributed by atoms with E-state index in [1.807, 2.05) is 61.5 Å². The lowest BCUT2D eigenvalue weighted by molar-refractivity contribution is 0.578. The summed E-state index contributed by atoms with van der Waals surface area (Å²) in [6, 6.07) is 17.8. The average Bonchev–Trinajstić information content (AvgIpc) is 2.47. The highest BCUT2D eigenvalue weighted by Gasteiger charge is 2.10. The second kappa shape index (κ2) is 7.38. The van der Waals surface area contributed by atoms with E-state index in [1.165, 1.54) is 5.56 Å². The molecule has 0 radical (unpaired) electrons. The molecule has 21 heavy (non-hydrogen) atoms. The minimum Gasteiger partial charge on any atom is -0.212 e.